The summed E-state index contributed by atoms with van der Waals surface area (Å²) < 4.78 is 1.22. The fraction of sp³-hybridized carbons (Fsp3) is 0.500. The van der Waals surface area contributed by atoms with Crippen LogP contribution >= 0.6 is 28.3 Å². The largest absolute Gasteiger partial charge is 0.316 e. The lowest BCUT2D eigenvalue weighted by molar-refractivity contribution is 0.468. The number of fused-ring (bicyclic) bond motifs is 2. The maximum Gasteiger partial charge on any atom is 0.0178 e. The first kappa shape index (κ1) is 11.4. The summed E-state index contributed by atoms with van der Waals surface area (Å²) in [5, 5.41) is 3.50. The molecule has 0 radical (unpaired) electrons. The van der Waals surface area contributed by atoms with Crippen molar-refractivity contribution >= 4 is 28.3 Å². The van der Waals surface area contributed by atoms with Crippen LogP contribution in [0.3, 0.4) is 0 Å². The molecule has 1 saturated heterocycles. The highest BCUT2D eigenvalue weighted by atomic mass is 79.9. The quantitative estimate of drug-likeness (QED) is 0.774. The molecule has 1 heterocycles. The van der Waals surface area contributed by atoms with Gasteiger partial charge in [0.05, 0.1) is 0 Å². The maximum atomic E-state index is 3.55. The molecule has 0 saturated carbocycles. The molecule has 3 rings (SSSR count). The van der Waals surface area contributed by atoms with Gasteiger partial charge in [0.2, 0.25) is 0 Å². The van der Waals surface area contributed by atoms with Gasteiger partial charge >= 0.3 is 0 Å². The van der Waals surface area contributed by atoms with Gasteiger partial charge in [0.25, 0.3) is 0 Å². The monoisotopic (exact) mass is 287 g/mol. The predicted molar refractivity (Wildman–Crippen MR) is 68.9 cm³/mol. The van der Waals surface area contributed by atoms with E-state index in [1.54, 1.807) is 11.1 Å². The van der Waals surface area contributed by atoms with Crippen LogP contribution in [-0.2, 0) is 11.8 Å². The molecule has 1 unspecified atom stereocenters. The number of halogens is 2. The number of benzene rings is 1. The average molecular weight is 289 g/mol. The zero-order valence-electron chi connectivity index (χ0n) is 8.55. The summed E-state index contributed by atoms with van der Waals surface area (Å²) in [6.45, 7) is 2.37. The molecule has 1 spiro atoms. The molecule has 15 heavy (non-hydrogen) atoms. The van der Waals surface area contributed by atoms with Gasteiger partial charge in [-0.1, -0.05) is 22.0 Å². The molecule has 1 aromatic rings. The number of rotatable bonds is 0. The van der Waals surface area contributed by atoms with E-state index in [4.69, 9.17) is 0 Å². The van der Waals surface area contributed by atoms with Gasteiger partial charge in [0.1, 0.15) is 0 Å². The first-order valence-electron chi connectivity index (χ1n) is 5.30. The van der Waals surface area contributed by atoms with E-state index >= 15 is 0 Å². The van der Waals surface area contributed by atoms with Crippen molar-refractivity contribution in [1.82, 2.24) is 5.32 Å². The van der Waals surface area contributed by atoms with Gasteiger partial charge in [-0.25, -0.2) is 0 Å². The van der Waals surface area contributed by atoms with E-state index in [9.17, 15) is 0 Å². The lowest BCUT2D eigenvalue weighted by Gasteiger charge is -2.23. The first-order chi connectivity index (χ1) is 6.80. The average Bonchev–Trinajstić information content (AvgIpc) is 2.77. The molecule has 0 bridgehead atoms. The molecule has 0 amide bonds. The van der Waals surface area contributed by atoms with Crippen molar-refractivity contribution in [3.8, 4) is 0 Å². The zero-order chi connectivity index (χ0) is 9.60. The van der Waals surface area contributed by atoms with Crippen molar-refractivity contribution < 1.29 is 0 Å². The Kier molecular flexibility index (Phi) is 3.11. The normalized spacial score (nSPS) is 27.8. The van der Waals surface area contributed by atoms with Crippen molar-refractivity contribution in [1.29, 1.82) is 0 Å². The summed E-state index contributed by atoms with van der Waals surface area (Å²) in [6.07, 6.45) is 3.92. The van der Waals surface area contributed by atoms with E-state index < -0.39 is 0 Å². The third-order valence-electron chi connectivity index (χ3n) is 3.76. The highest BCUT2D eigenvalue weighted by Gasteiger charge is 2.40. The fourth-order valence-corrected chi connectivity index (χ4v) is 3.39. The summed E-state index contributed by atoms with van der Waals surface area (Å²) in [6, 6.07) is 6.80. The third kappa shape index (κ3) is 1.73. The van der Waals surface area contributed by atoms with Crippen LogP contribution in [-0.4, -0.2) is 13.1 Å². The SMILES string of the molecule is Brc1ccc2c(c1)CCC21CCNC1.Cl. The Morgan fingerprint density at radius 3 is 2.87 bits per heavy atom. The van der Waals surface area contributed by atoms with Crippen LogP contribution in [0.15, 0.2) is 22.7 Å². The summed E-state index contributed by atoms with van der Waals surface area (Å²) in [7, 11) is 0. The lowest BCUT2D eigenvalue weighted by Crippen LogP contribution is -2.25. The minimum atomic E-state index is 0. The standard InChI is InChI=1S/C12H14BrN.ClH/c13-10-1-2-11-9(7-10)3-4-12(11)5-6-14-8-12;/h1-2,7,14H,3-6,8H2;1H. The van der Waals surface area contributed by atoms with Crippen LogP contribution in [0.5, 0.6) is 0 Å². The van der Waals surface area contributed by atoms with Crippen molar-refractivity contribution in [2.75, 3.05) is 13.1 Å². The molecule has 1 nitrogen and oxygen atoms in total. The van der Waals surface area contributed by atoms with Crippen molar-refractivity contribution in [3.05, 3.63) is 33.8 Å². The second-order valence-corrected chi connectivity index (χ2v) is 5.42. The highest BCUT2D eigenvalue weighted by Crippen LogP contribution is 2.43. The summed E-state index contributed by atoms with van der Waals surface area (Å²) >= 11 is 3.55. The number of aryl methyl sites for hydroxylation is 1. The summed E-state index contributed by atoms with van der Waals surface area (Å²) in [4.78, 5) is 0. The Labute approximate surface area is 105 Å². The van der Waals surface area contributed by atoms with Gasteiger partial charge in [-0.2, -0.15) is 0 Å². The van der Waals surface area contributed by atoms with Gasteiger partial charge in [-0.3, -0.25) is 0 Å². The second-order valence-electron chi connectivity index (χ2n) is 4.51. The van der Waals surface area contributed by atoms with E-state index in [1.165, 1.54) is 36.8 Å². The Balaban J connectivity index is 0.000000853. The van der Waals surface area contributed by atoms with Crippen molar-refractivity contribution in [3.63, 3.8) is 0 Å². The molecule has 1 fully saturated rings. The minimum absolute atomic E-state index is 0. The predicted octanol–water partition coefficient (Wildman–Crippen LogP) is 3.05. The van der Waals surface area contributed by atoms with E-state index in [1.807, 2.05) is 0 Å². The van der Waals surface area contributed by atoms with Crippen LogP contribution in [0, 0.1) is 0 Å². The molecule has 1 N–H and O–H groups in total. The Bertz CT molecular complexity index is 372. The molecule has 0 aromatic heterocycles. The van der Waals surface area contributed by atoms with Crippen LogP contribution in [0.4, 0.5) is 0 Å². The first-order valence-corrected chi connectivity index (χ1v) is 6.09. The molecule has 1 aromatic carbocycles. The number of nitrogens with one attached hydrogen (secondary N) is 1. The van der Waals surface area contributed by atoms with Gasteiger partial charge in [0.15, 0.2) is 0 Å². The molecule has 1 atom stereocenters. The highest BCUT2D eigenvalue weighted by molar-refractivity contribution is 9.10. The summed E-state index contributed by atoms with van der Waals surface area (Å²) in [5.41, 5.74) is 3.64. The lowest BCUT2D eigenvalue weighted by atomic mass is 9.81. The Hall–Kier alpha value is -0.0500. The maximum absolute atomic E-state index is 3.55. The number of hydrogen-bond donors (Lipinski definition) is 1. The van der Waals surface area contributed by atoms with Gasteiger partial charge in [-0.15, -0.1) is 12.4 Å². The van der Waals surface area contributed by atoms with Gasteiger partial charge in [-0.05, 0) is 49.1 Å². The van der Waals surface area contributed by atoms with Gasteiger partial charge in [0, 0.05) is 16.4 Å². The van der Waals surface area contributed by atoms with Crippen LogP contribution in [0.25, 0.3) is 0 Å². The Morgan fingerprint density at radius 1 is 1.27 bits per heavy atom. The van der Waals surface area contributed by atoms with E-state index in [-0.39, 0.29) is 12.4 Å². The van der Waals surface area contributed by atoms with Crippen LogP contribution in [0.1, 0.15) is 24.0 Å². The molecule has 3 heteroatoms. The molecular formula is C12H15BrClN. The molecule has 1 aliphatic heterocycles. The minimum Gasteiger partial charge on any atom is -0.316 e. The van der Waals surface area contributed by atoms with E-state index in [0.717, 1.165) is 0 Å². The second kappa shape index (κ2) is 4.08. The van der Waals surface area contributed by atoms with E-state index in [2.05, 4.69) is 39.4 Å². The van der Waals surface area contributed by atoms with Crippen molar-refractivity contribution in [2.45, 2.75) is 24.7 Å². The van der Waals surface area contributed by atoms with Crippen LogP contribution in [0.2, 0.25) is 0 Å². The zero-order valence-corrected chi connectivity index (χ0v) is 11.0. The fourth-order valence-electron chi connectivity index (χ4n) is 2.98. The summed E-state index contributed by atoms with van der Waals surface area (Å²) in [5.74, 6) is 0. The topological polar surface area (TPSA) is 12.0 Å². The number of hydrogen-bond acceptors (Lipinski definition) is 1. The van der Waals surface area contributed by atoms with Gasteiger partial charge < -0.3 is 5.32 Å². The van der Waals surface area contributed by atoms with Crippen molar-refractivity contribution in [2.24, 2.45) is 0 Å². The molecule has 1 aliphatic carbocycles. The molecule has 82 valence electrons. The third-order valence-corrected chi connectivity index (χ3v) is 4.25. The Morgan fingerprint density at radius 2 is 2.13 bits per heavy atom. The smallest absolute Gasteiger partial charge is 0.0178 e. The molecule has 2 aliphatic rings. The molecular weight excluding hydrogens is 273 g/mol. The van der Waals surface area contributed by atoms with E-state index in [0.29, 0.717) is 5.41 Å². The van der Waals surface area contributed by atoms with Crippen LogP contribution < -0.4 is 5.32 Å².